The van der Waals surface area contributed by atoms with Crippen molar-refractivity contribution in [2.24, 2.45) is 0 Å². The number of carbonyl (C=O) groups is 2. The lowest BCUT2D eigenvalue weighted by Crippen LogP contribution is -2.15. The number of rotatable bonds is 6. The number of amides is 1. The molecule has 0 saturated heterocycles. The van der Waals surface area contributed by atoms with Crippen molar-refractivity contribution in [1.82, 2.24) is 10.2 Å². The van der Waals surface area contributed by atoms with Crippen LogP contribution < -0.4 is 5.32 Å². The Morgan fingerprint density at radius 2 is 2.12 bits per heavy atom. The van der Waals surface area contributed by atoms with Crippen LogP contribution in [0.3, 0.4) is 0 Å². The summed E-state index contributed by atoms with van der Waals surface area (Å²) in [5, 5.41) is 10.7. The van der Waals surface area contributed by atoms with Crippen LogP contribution in [-0.4, -0.2) is 34.9 Å². The lowest BCUT2D eigenvalue weighted by Gasteiger charge is -2.09. The lowest BCUT2D eigenvalue weighted by molar-refractivity contribution is -0.113. The Labute approximate surface area is 152 Å². The monoisotopic (exact) mass is 373 g/mol. The van der Waals surface area contributed by atoms with Crippen LogP contribution in [0.25, 0.3) is 11.7 Å². The van der Waals surface area contributed by atoms with Gasteiger partial charge in [-0.05, 0) is 36.8 Å². The predicted octanol–water partition coefficient (Wildman–Crippen LogP) is 3.16. The molecule has 1 N–H and O–H groups in total. The van der Waals surface area contributed by atoms with E-state index in [1.807, 2.05) is 6.92 Å². The molecule has 26 heavy (non-hydrogen) atoms. The average molecular weight is 373 g/mol. The van der Waals surface area contributed by atoms with Gasteiger partial charge >= 0.3 is 5.97 Å². The minimum atomic E-state index is -0.466. The molecule has 0 atom stereocenters. The molecule has 0 unspecified atom stereocenters. The van der Waals surface area contributed by atoms with Crippen LogP contribution in [-0.2, 0) is 9.53 Å². The molecular weight excluding hydrogens is 358 g/mol. The van der Waals surface area contributed by atoms with Crippen LogP contribution in [0.4, 0.5) is 5.69 Å². The van der Waals surface area contributed by atoms with Crippen LogP contribution in [0.5, 0.6) is 0 Å². The summed E-state index contributed by atoms with van der Waals surface area (Å²) in [5.74, 6) is 0.0504. The standard InChI is InChI=1S/C17H15N3O5S/c1-10-5-6-11(16(22)23-2)8-12(10)18-14(21)9-26-17-20-19-15(25-17)13-4-3-7-24-13/h3-8H,9H2,1-2H3,(H,18,21). The van der Waals surface area contributed by atoms with Crippen molar-refractivity contribution >= 4 is 29.3 Å². The molecule has 3 rings (SSSR count). The van der Waals surface area contributed by atoms with Gasteiger partial charge in [-0.3, -0.25) is 4.79 Å². The highest BCUT2D eigenvalue weighted by atomic mass is 32.2. The van der Waals surface area contributed by atoms with E-state index in [9.17, 15) is 9.59 Å². The predicted molar refractivity (Wildman–Crippen MR) is 93.9 cm³/mol. The molecule has 1 amide bonds. The highest BCUT2D eigenvalue weighted by Gasteiger charge is 2.14. The van der Waals surface area contributed by atoms with Crippen molar-refractivity contribution < 1.29 is 23.2 Å². The van der Waals surface area contributed by atoms with E-state index in [4.69, 9.17) is 8.83 Å². The van der Waals surface area contributed by atoms with Gasteiger partial charge in [-0.2, -0.15) is 0 Å². The summed E-state index contributed by atoms with van der Waals surface area (Å²) < 4.78 is 15.3. The summed E-state index contributed by atoms with van der Waals surface area (Å²) >= 11 is 1.10. The maximum absolute atomic E-state index is 12.2. The zero-order valence-electron chi connectivity index (χ0n) is 14.0. The number of methoxy groups -OCH3 is 1. The van der Waals surface area contributed by atoms with E-state index in [2.05, 4.69) is 20.3 Å². The first-order valence-electron chi connectivity index (χ1n) is 7.56. The highest BCUT2D eigenvalue weighted by molar-refractivity contribution is 7.99. The Morgan fingerprint density at radius 3 is 2.85 bits per heavy atom. The van der Waals surface area contributed by atoms with Gasteiger partial charge in [-0.1, -0.05) is 17.8 Å². The second-order valence-electron chi connectivity index (χ2n) is 5.21. The minimum Gasteiger partial charge on any atom is -0.465 e. The van der Waals surface area contributed by atoms with Gasteiger partial charge in [0.25, 0.3) is 11.1 Å². The van der Waals surface area contributed by atoms with E-state index in [-0.39, 0.29) is 22.8 Å². The molecule has 0 aliphatic carbocycles. The Morgan fingerprint density at radius 1 is 1.27 bits per heavy atom. The Balaban J connectivity index is 1.60. The molecule has 0 spiro atoms. The topological polar surface area (TPSA) is 107 Å². The number of hydrogen-bond donors (Lipinski definition) is 1. The first-order valence-corrected chi connectivity index (χ1v) is 8.54. The number of nitrogens with one attached hydrogen (secondary N) is 1. The fourth-order valence-electron chi connectivity index (χ4n) is 2.08. The molecule has 9 heteroatoms. The first-order chi connectivity index (χ1) is 12.6. The molecule has 0 saturated carbocycles. The molecule has 0 bridgehead atoms. The molecule has 3 aromatic rings. The van der Waals surface area contributed by atoms with Crippen molar-refractivity contribution in [3.8, 4) is 11.7 Å². The van der Waals surface area contributed by atoms with Gasteiger partial charge in [0, 0.05) is 5.69 Å². The van der Waals surface area contributed by atoms with Gasteiger partial charge < -0.3 is 18.9 Å². The average Bonchev–Trinajstić information content (AvgIpc) is 3.32. The number of furan rings is 1. The third kappa shape index (κ3) is 4.12. The van der Waals surface area contributed by atoms with E-state index >= 15 is 0 Å². The molecule has 134 valence electrons. The molecule has 0 aliphatic heterocycles. The SMILES string of the molecule is COC(=O)c1ccc(C)c(NC(=O)CSc2nnc(-c3ccco3)o2)c1. The van der Waals surface area contributed by atoms with Gasteiger partial charge in [0.05, 0.1) is 24.7 Å². The van der Waals surface area contributed by atoms with E-state index < -0.39 is 5.97 Å². The van der Waals surface area contributed by atoms with Crippen molar-refractivity contribution in [1.29, 1.82) is 0 Å². The van der Waals surface area contributed by atoms with Crippen molar-refractivity contribution in [3.63, 3.8) is 0 Å². The summed E-state index contributed by atoms with van der Waals surface area (Å²) in [5.41, 5.74) is 1.73. The zero-order chi connectivity index (χ0) is 18.5. The Hall–Kier alpha value is -3.07. The second kappa shape index (κ2) is 7.87. The molecular formula is C17H15N3O5S. The number of hydrogen-bond acceptors (Lipinski definition) is 8. The summed E-state index contributed by atoms with van der Waals surface area (Å²) in [4.78, 5) is 23.8. The van der Waals surface area contributed by atoms with Crippen LogP contribution in [0.2, 0.25) is 0 Å². The van der Waals surface area contributed by atoms with Gasteiger partial charge in [-0.15, -0.1) is 10.2 Å². The number of nitrogens with zero attached hydrogens (tertiary/aromatic N) is 2. The molecule has 0 fully saturated rings. The maximum Gasteiger partial charge on any atom is 0.337 e. The van der Waals surface area contributed by atoms with Gasteiger partial charge in [0.2, 0.25) is 5.91 Å². The number of carbonyl (C=O) groups excluding carboxylic acids is 2. The number of aryl methyl sites for hydroxylation is 1. The summed E-state index contributed by atoms with van der Waals surface area (Å²) in [7, 11) is 1.30. The zero-order valence-corrected chi connectivity index (χ0v) is 14.8. The van der Waals surface area contributed by atoms with Gasteiger partial charge in [0.15, 0.2) is 5.76 Å². The molecule has 8 nitrogen and oxygen atoms in total. The number of ether oxygens (including phenoxy) is 1. The maximum atomic E-state index is 12.2. The van der Waals surface area contributed by atoms with E-state index in [1.165, 1.54) is 13.4 Å². The van der Waals surface area contributed by atoms with Crippen LogP contribution >= 0.6 is 11.8 Å². The van der Waals surface area contributed by atoms with E-state index in [0.717, 1.165) is 17.3 Å². The van der Waals surface area contributed by atoms with Crippen LogP contribution in [0, 0.1) is 6.92 Å². The smallest absolute Gasteiger partial charge is 0.337 e. The fraction of sp³-hybridized carbons (Fsp3) is 0.176. The number of anilines is 1. The molecule has 2 aromatic heterocycles. The molecule has 0 radical (unpaired) electrons. The van der Waals surface area contributed by atoms with Crippen molar-refractivity contribution in [2.45, 2.75) is 12.1 Å². The fourth-order valence-corrected chi connectivity index (χ4v) is 2.65. The third-order valence-electron chi connectivity index (χ3n) is 3.40. The van der Waals surface area contributed by atoms with E-state index in [0.29, 0.717) is 17.0 Å². The number of aromatic nitrogens is 2. The third-order valence-corrected chi connectivity index (χ3v) is 4.22. The van der Waals surface area contributed by atoms with Gasteiger partial charge in [-0.25, -0.2) is 4.79 Å². The summed E-state index contributed by atoms with van der Waals surface area (Å²) in [6.45, 7) is 1.83. The minimum absolute atomic E-state index is 0.0711. The first kappa shape index (κ1) is 17.7. The molecule has 2 heterocycles. The normalized spacial score (nSPS) is 10.5. The van der Waals surface area contributed by atoms with Crippen LogP contribution in [0.15, 0.2) is 50.7 Å². The number of thioether (sulfide) groups is 1. The molecule has 0 aliphatic rings. The Kier molecular flexibility index (Phi) is 5.37. The second-order valence-corrected chi connectivity index (χ2v) is 6.14. The highest BCUT2D eigenvalue weighted by Crippen LogP contribution is 2.24. The Bertz CT molecular complexity index is 920. The van der Waals surface area contributed by atoms with Crippen LogP contribution in [0.1, 0.15) is 15.9 Å². The molecule has 1 aromatic carbocycles. The lowest BCUT2D eigenvalue weighted by atomic mass is 10.1. The van der Waals surface area contributed by atoms with Gasteiger partial charge in [0.1, 0.15) is 0 Å². The number of benzene rings is 1. The summed E-state index contributed by atoms with van der Waals surface area (Å²) in [6, 6.07) is 8.37. The van der Waals surface area contributed by atoms with Crippen molar-refractivity contribution in [2.75, 3.05) is 18.2 Å². The van der Waals surface area contributed by atoms with Crippen molar-refractivity contribution in [3.05, 3.63) is 47.7 Å². The quantitative estimate of drug-likeness (QED) is 0.519. The van der Waals surface area contributed by atoms with E-state index in [1.54, 1.807) is 30.3 Å². The summed E-state index contributed by atoms with van der Waals surface area (Å²) in [6.07, 6.45) is 1.50. The number of esters is 1. The largest absolute Gasteiger partial charge is 0.465 e.